The predicted octanol–water partition coefficient (Wildman–Crippen LogP) is 1.52. The molecule has 0 bridgehead atoms. The monoisotopic (exact) mass is 255 g/mol. The Labute approximate surface area is 112 Å². The molecule has 1 aliphatic rings. The van der Waals surface area contributed by atoms with E-state index in [0.717, 1.165) is 32.4 Å². The number of carbonyl (C=O) groups excluding carboxylic acids is 1. The Morgan fingerprint density at radius 1 is 1.33 bits per heavy atom. The summed E-state index contributed by atoms with van der Waals surface area (Å²) < 4.78 is 0. The number of hydrogen-bond donors (Lipinski definition) is 1. The minimum absolute atomic E-state index is 0.0174. The van der Waals surface area contributed by atoms with E-state index in [1.807, 2.05) is 4.90 Å². The normalized spacial score (nSPS) is 24.6. The Hall–Kier alpha value is -0.610. The average molecular weight is 255 g/mol. The van der Waals surface area contributed by atoms with Gasteiger partial charge in [0.2, 0.25) is 5.91 Å². The van der Waals surface area contributed by atoms with Crippen LogP contribution < -0.4 is 5.32 Å². The van der Waals surface area contributed by atoms with Gasteiger partial charge in [-0.05, 0) is 45.8 Å². The van der Waals surface area contributed by atoms with Gasteiger partial charge in [-0.2, -0.15) is 0 Å². The maximum Gasteiger partial charge on any atom is 0.241 e. The molecule has 1 aliphatic heterocycles. The number of nitrogens with zero attached hydrogens (tertiary/aromatic N) is 2. The van der Waals surface area contributed by atoms with Crippen molar-refractivity contribution in [1.29, 1.82) is 0 Å². The minimum atomic E-state index is 0.0174. The summed E-state index contributed by atoms with van der Waals surface area (Å²) in [6.45, 7) is 8.34. The molecule has 0 aromatic carbocycles. The Morgan fingerprint density at radius 2 is 2.00 bits per heavy atom. The first-order valence-electron chi connectivity index (χ1n) is 7.18. The van der Waals surface area contributed by atoms with Crippen LogP contribution in [0.4, 0.5) is 0 Å². The lowest BCUT2D eigenvalue weighted by molar-refractivity contribution is -0.130. The molecule has 1 saturated heterocycles. The van der Waals surface area contributed by atoms with Crippen molar-refractivity contribution in [3.05, 3.63) is 0 Å². The van der Waals surface area contributed by atoms with Gasteiger partial charge in [0.25, 0.3) is 0 Å². The number of nitrogens with one attached hydrogen (secondary N) is 1. The van der Waals surface area contributed by atoms with Crippen molar-refractivity contribution in [2.45, 2.75) is 52.2 Å². The Kier molecular flexibility index (Phi) is 6.09. The van der Waals surface area contributed by atoms with Gasteiger partial charge >= 0.3 is 0 Å². The fourth-order valence-electron chi connectivity index (χ4n) is 2.49. The van der Waals surface area contributed by atoms with Crippen molar-refractivity contribution in [3.8, 4) is 0 Å². The zero-order valence-corrected chi connectivity index (χ0v) is 12.6. The van der Waals surface area contributed by atoms with Crippen molar-refractivity contribution < 1.29 is 4.79 Å². The van der Waals surface area contributed by atoms with Gasteiger partial charge in [0.05, 0.1) is 12.2 Å². The van der Waals surface area contributed by atoms with E-state index in [1.54, 1.807) is 0 Å². The predicted molar refractivity (Wildman–Crippen MR) is 75.3 cm³/mol. The first-order valence-corrected chi connectivity index (χ1v) is 7.18. The lowest BCUT2D eigenvalue weighted by Crippen LogP contribution is -2.37. The van der Waals surface area contributed by atoms with Crippen LogP contribution >= 0.6 is 0 Å². The second-order valence-corrected chi connectivity index (χ2v) is 5.85. The highest BCUT2D eigenvalue weighted by Crippen LogP contribution is 2.19. The van der Waals surface area contributed by atoms with E-state index in [1.165, 1.54) is 0 Å². The third-order valence-electron chi connectivity index (χ3n) is 3.61. The van der Waals surface area contributed by atoms with Gasteiger partial charge in [-0.3, -0.25) is 10.1 Å². The fraction of sp³-hybridized carbons (Fsp3) is 0.929. The fourth-order valence-corrected chi connectivity index (χ4v) is 2.49. The number of carbonyl (C=O) groups is 1. The summed E-state index contributed by atoms with van der Waals surface area (Å²) in [5.41, 5.74) is 0. The second kappa shape index (κ2) is 7.10. The summed E-state index contributed by atoms with van der Waals surface area (Å²) in [4.78, 5) is 16.5. The van der Waals surface area contributed by atoms with Gasteiger partial charge in [0.1, 0.15) is 0 Å². The molecule has 0 aromatic rings. The van der Waals surface area contributed by atoms with Gasteiger partial charge in [-0.15, -0.1) is 0 Å². The van der Waals surface area contributed by atoms with E-state index in [0.29, 0.717) is 11.8 Å². The molecule has 4 heteroatoms. The maximum atomic E-state index is 12.3. The first kappa shape index (κ1) is 15.4. The highest BCUT2D eigenvalue weighted by atomic mass is 16.2. The third-order valence-corrected chi connectivity index (χ3v) is 3.61. The molecule has 18 heavy (non-hydrogen) atoms. The topological polar surface area (TPSA) is 35.6 Å². The molecule has 1 N–H and O–H groups in total. The molecule has 1 fully saturated rings. The molecule has 1 heterocycles. The average Bonchev–Trinajstić information content (AvgIpc) is 2.61. The van der Waals surface area contributed by atoms with E-state index in [9.17, 15) is 4.79 Å². The summed E-state index contributed by atoms with van der Waals surface area (Å²) in [6, 6.07) is 0.0174. The number of amides is 1. The van der Waals surface area contributed by atoms with Crippen LogP contribution in [0.2, 0.25) is 0 Å². The smallest absolute Gasteiger partial charge is 0.241 e. The lowest BCUT2D eigenvalue weighted by Gasteiger charge is -2.23. The Balaban J connectivity index is 2.44. The lowest BCUT2D eigenvalue weighted by atomic mass is 10.1. The van der Waals surface area contributed by atoms with E-state index >= 15 is 0 Å². The second-order valence-electron chi connectivity index (χ2n) is 5.85. The molecule has 2 unspecified atom stereocenters. The Morgan fingerprint density at radius 3 is 2.50 bits per heavy atom. The maximum absolute atomic E-state index is 12.3. The van der Waals surface area contributed by atoms with E-state index < -0.39 is 0 Å². The molecule has 0 aliphatic carbocycles. The van der Waals surface area contributed by atoms with Crippen LogP contribution in [0.3, 0.4) is 0 Å². The molecule has 0 aromatic heterocycles. The molecule has 4 nitrogen and oxygen atoms in total. The van der Waals surface area contributed by atoms with Gasteiger partial charge in [0, 0.05) is 6.54 Å². The van der Waals surface area contributed by atoms with E-state index in [4.69, 9.17) is 0 Å². The van der Waals surface area contributed by atoms with Crippen molar-refractivity contribution in [3.63, 3.8) is 0 Å². The van der Waals surface area contributed by atoms with Crippen LogP contribution in [0.15, 0.2) is 0 Å². The molecule has 106 valence electrons. The van der Waals surface area contributed by atoms with E-state index in [-0.39, 0.29) is 12.2 Å². The highest BCUT2D eigenvalue weighted by Gasteiger charge is 2.38. The van der Waals surface area contributed by atoms with Crippen molar-refractivity contribution in [2.75, 3.05) is 27.2 Å². The van der Waals surface area contributed by atoms with Crippen molar-refractivity contribution in [2.24, 2.45) is 5.92 Å². The van der Waals surface area contributed by atoms with E-state index in [2.05, 4.69) is 45.1 Å². The number of hydrogen-bond acceptors (Lipinski definition) is 3. The first-order chi connectivity index (χ1) is 8.47. The standard InChI is InChI=1S/C14H29N3O/c1-6-12-15-13(11(2)3)14(18)17(12)10-8-7-9-16(4)5/h11-13,15H,6-10H2,1-5H3. The van der Waals surface area contributed by atoms with Crippen LogP contribution in [0.1, 0.15) is 40.0 Å². The molecule has 0 radical (unpaired) electrons. The zero-order chi connectivity index (χ0) is 13.7. The third kappa shape index (κ3) is 3.95. The van der Waals surface area contributed by atoms with Crippen LogP contribution in [-0.4, -0.2) is 55.1 Å². The number of unbranched alkanes of at least 4 members (excludes halogenated alkanes) is 1. The van der Waals surface area contributed by atoms with Gasteiger partial charge < -0.3 is 9.80 Å². The van der Waals surface area contributed by atoms with Gasteiger partial charge in [-0.1, -0.05) is 20.8 Å². The molecule has 0 saturated carbocycles. The van der Waals surface area contributed by atoms with Crippen LogP contribution in [0.5, 0.6) is 0 Å². The molecule has 1 amide bonds. The SMILES string of the molecule is CCC1NC(C(C)C)C(=O)N1CCCCN(C)C. The van der Waals surface area contributed by atoms with Gasteiger partial charge in [0.15, 0.2) is 0 Å². The van der Waals surface area contributed by atoms with Crippen molar-refractivity contribution in [1.82, 2.24) is 15.1 Å². The molecular formula is C14H29N3O. The van der Waals surface area contributed by atoms with Crippen molar-refractivity contribution >= 4 is 5.91 Å². The van der Waals surface area contributed by atoms with Crippen LogP contribution in [0, 0.1) is 5.92 Å². The summed E-state index contributed by atoms with van der Waals surface area (Å²) in [5, 5.41) is 3.46. The summed E-state index contributed by atoms with van der Waals surface area (Å²) in [7, 11) is 4.18. The van der Waals surface area contributed by atoms with Crippen LogP contribution in [0.25, 0.3) is 0 Å². The molecular weight excluding hydrogens is 226 g/mol. The largest absolute Gasteiger partial charge is 0.326 e. The summed E-state index contributed by atoms with van der Waals surface area (Å²) in [6.07, 6.45) is 3.47. The number of rotatable bonds is 7. The van der Waals surface area contributed by atoms with Crippen LogP contribution in [-0.2, 0) is 4.79 Å². The quantitative estimate of drug-likeness (QED) is 0.701. The highest BCUT2D eigenvalue weighted by molar-refractivity contribution is 5.84. The molecule has 2 atom stereocenters. The summed E-state index contributed by atoms with van der Waals surface area (Å²) >= 11 is 0. The minimum Gasteiger partial charge on any atom is -0.326 e. The van der Waals surface area contributed by atoms with Gasteiger partial charge in [-0.25, -0.2) is 0 Å². The zero-order valence-electron chi connectivity index (χ0n) is 12.6. The molecule has 1 rings (SSSR count). The summed E-state index contributed by atoms with van der Waals surface area (Å²) in [5.74, 6) is 0.667. The Bertz CT molecular complexity index is 266. The molecule has 0 spiro atoms.